The zero-order valence-corrected chi connectivity index (χ0v) is 11.6. The number of carbonyl (C=O) groups excluding carboxylic acids is 1. The molecule has 3 N–H and O–H groups in total. The molecule has 0 aliphatic rings. The van der Waals surface area contributed by atoms with Crippen molar-refractivity contribution in [2.75, 3.05) is 5.32 Å². The maximum absolute atomic E-state index is 12.1. The zero-order valence-electron chi connectivity index (χ0n) is 10.8. The molecule has 1 amide bonds. The van der Waals surface area contributed by atoms with Gasteiger partial charge in [0, 0.05) is 21.7 Å². The van der Waals surface area contributed by atoms with Crippen LogP contribution in [-0.4, -0.2) is 23.1 Å². The zero-order chi connectivity index (χ0) is 14.7. The topological polar surface area (TPSA) is 69.6 Å². The van der Waals surface area contributed by atoms with Gasteiger partial charge in [0.2, 0.25) is 0 Å². The highest BCUT2D eigenvalue weighted by atomic mass is 35.5. The van der Waals surface area contributed by atoms with Crippen LogP contribution in [0.25, 0.3) is 0 Å². The third kappa shape index (κ3) is 3.19. The molecular formula is C14H13BClNO3. The molecule has 2 aromatic rings. The molecule has 0 saturated heterocycles. The molecule has 2 rings (SSSR count). The number of para-hydroxylation sites is 1. The Morgan fingerprint density at radius 3 is 2.55 bits per heavy atom. The van der Waals surface area contributed by atoms with Crippen LogP contribution < -0.4 is 10.8 Å². The number of aryl methyl sites for hydroxylation is 1. The average molecular weight is 290 g/mol. The second-order valence-electron chi connectivity index (χ2n) is 4.38. The van der Waals surface area contributed by atoms with Crippen molar-refractivity contribution in [3.8, 4) is 0 Å². The Bertz CT molecular complexity index is 646. The van der Waals surface area contributed by atoms with E-state index in [4.69, 9.17) is 11.6 Å². The largest absolute Gasteiger partial charge is 0.489 e. The van der Waals surface area contributed by atoms with Crippen molar-refractivity contribution in [3.05, 3.63) is 58.6 Å². The minimum Gasteiger partial charge on any atom is -0.423 e. The lowest BCUT2D eigenvalue weighted by Crippen LogP contribution is -2.32. The molecule has 0 fully saturated rings. The Kier molecular flexibility index (Phi) is 4.44. The van der Waals surface area contributed by atoms with Crippen LogP contribution in [0, 0.1) is 6.92 Å². The first-order chi connectivity index (χ1) is 9.49. The highest BCUT2D eigenvalue weighted by Crippen LogP contribution is 2.15. The standard InChI is InChI=1S/C14H13BClNO3/c1-9-4-2-3-5-13(9)17-14(18)10-6-7-12(16)11(8-10)15(19)20/h2-8,19-20H,1H3,(H,17,18). The van der Waals surface area contributed by atoms with Gasteiger partial charge in [-0.05, 0) is 36.8 Å². The summed E-state index contributed by atoms with van der Waals surface area (Å²) < 4.78 is 0. The molecule has 0 radical (unpaired) electrons. The molecule has 0 atom stereocenters. The number of anilines is 1. The summed E-state index contributed by atoms with van der Waals surface area (Å²) in [7, 11) is -1.71. The summed E-state index contributed by atoms with van der Waals surface area (Å²) in [4.78, 5) is 12.1. The highest BCUT2D eigenvalue weighted by molar-refractivity contribution is 6.62. The smallest absolute Gasteiger partial charge is 0.423 e. The van der Waals surface area contributed by atoms with Crippen molar-refractivity contribution >= 4 is 35.8 Å². The van der Waals surface area contributed by atoms with Gasteiger partial charge < -0.3 is 15.4 Å². The van der Waals surface area contributed by atoms with Gasteiger partial charge in [-0.2, -0.15) is 0 Å². The number of hydrogen-bond donors (Lipinski definition) is 3. The van der Waals surface area contributed by atoms with E-state index in [0.717, 1.165) is 5.56 Å². The SMILES string of the molecule is Cc1ccccc1NC(=O)c1ccc(Cl)c(B(O)O)c1. The van der Waals surface area contributed by atoms with Gasteiger partial charge >= 0.3 is 7.12 Å². The molecule has 4 nitrogen and oxygen atoms in total. The van der Waals surface area contributed by atoms with Gasteiger partial charge in [-0.15, -0.1) is 0 Å². The summed E-state index contributed by atoms with van der Waals surface area (Å²) in [5, 5.41) is 21.3. The maximum atomic E-state index is 12.1. The summed E-state index contributed by atoms with van der Waals surface area (Å²) in [5.74, 6) is -0.335. The van der Waals surface area contributed by atoms with E-state index >= 15 is 0 Å². The number of amides is 1. The molecular weight excluding hydrogens is 276 g/mol. The molecule has 0 aliphatic carbocycles. The van der Waals surface area contributed by atoms with Gasteiger partial charge in [0.15, 0.2) is 0 Å². The molecule has 0 heterocycles. The lowest BCUT2D eigenvalue weighted by Gasteiger charge is -2.10. The van der Waals surface area contributed by atoms with Crippen LogP contribution in [0.15, 0.2) is 42.5 Å². The summed E-state index contributed by atoms with van der Waals surface area (Å²) >= 11 is 5.83. The van der Waals surface area contributed by atoms with Crippen LogP contribution in [0.3, 0.4) is 0 Å². The molecule has 0 aromatic heterocycles. The summed E-state index contributed by atoms with van der Waals surface area (Å²) in [6.45, 7) is 1.89. The molecule has 0 unspecified atom stereocenters. The normalized spacial score (nSPS) is 10.2. The Morgan fingerprint density at radius 2 is 1.90 bits per heavy atom. The van der Waals surface area contributed by atoms with Gasteiger partial charge in [-0.1, -0.05) is 29.8 Å². The van der Waals surface area contributed by atoms with E-state index in [1.54, 1.807) is 6.07 Å². The highest BCUT2D eigenvalue weighted by Gasteiger charge is 2.18. The van der Waals surface area contributed by atoms with Gasteiger partial charge in [-0.25, -0.2) is 0 Å². The van der Waals surface area contributed by atoms with Crippen molar-refractivity contribution < 1.29 is 14.8 Å². The fourth-order valence-electron chi connectivity index (χ4n) is 1.79. The fourth-order valence-corrected chi connectivity index (χ4v) is 2.01. The predicted octanol–water partition coefficient (Wildman–Crippen LogP) is 1.58. The maximum Gasteiger partial charge on any atom is 0.489 e. The fraction of sp³-hybridized carbons (Fsp3) is 0.0714. The Labute approximate surface area is 122 Å². The van der Waals surface area contributed by atoms with Crippen molar-refractivity contribution in [3.63, 3.8) is 0 Å². The number of hydrogen-bond acceptors (Lipinski definition) is 3. The first kappa shape index (κ1) is 14.6. The number of carbonyl (C=O) groups is 1. The van der Waals surface area contributed by atoms with Crippen LogP contribution in [0.1, 0.15) is 15.9 Å². The number of benzene rings is 2. The van der Waals surface area contributed by atoms with E-state index in [2.05, 4.69) is 5.32 Å². The molecule has 2 aromatic carbocycles. The number of rotatable bonds is 3. The molecule has 0 saturated carbocycles. The number of nitrogens with one attached hydrogen (secondary N) is 1. The Balaban J connectivity index is 2.26. The third-order valence-electron chi connectivity index (χ3n) is 2.93. The van der Waals surface area contributed by atoms with Crippen molar-refractivity contribution in [2.24, 2.45) is 0 Å². The first-order valence-corrected chi connectivity index (χ1v) is 6.39. The van der Waals surface area contributed by atoms with Crippen LogP contribution in [0.2, 0.25) is 5.02 Å². The second-order valence-corrected chi connectivity index (χ2v) is 4.79. The minimum absolute atomic E-state index is 0.101. The molecule has 102 valence electrons. The molecule has 0 bridgehead atoms. The Morgan fingerprint density at radius 1 is 1.20 bits per heavy atom. The van der Waals surface area contributed by atoms with Crippen LogP contribution in [0.5, 0.6) is 0 Å². The van der Waals surface area contributed by atoms with Gasteiger partial charge in [0.25, 0.3) is 5.91 Å². The molecule has 20 heavy (non-hydrogen) atoms. The minimum atomic E-state index is -1.71. The lowest BCUT2D eigenvalue weighted by atomic mass is 9.79. The van der Waals surface area contributed by atoms with Crippen molar-refractivity contribution in [1.82, 2.24) is 0 Å². The molecule has 0 aliphatic heterocycles. The van der Waals surface area contributed by atoms with Crippen LogP contribution in [-0.2, 0) is 0 Å². The summed E-state index contributed by atoms with van der Waals surface area (Å²) in [6.07, 6.45) is 0. The van der Waals surface area contributed by atoms with Gasteiger partial charge in [0.05, 0.1) is 0 Å². The van der Waals surface area contributed by atoms with E-state index in [1.807, 2.05) is 25.1 Å². The van der Waals surface area contributed by atoms with Crippen molar-refractivity contribution in [1.29, 1.82) is 0 Å². The second kappa shape index (κ2) is 6.09. The van der Waals surface area contributed by atoms with E-state index in [0.29, 0.717) is 11.3 Å². The van der Waals surface area contributed by atoms with Crippen LogP contribution in [0.4, 0.5) is 5.69 Å². The lowest BCUT2D eigenvalue weighted by molar-refractivity contribution is 0.102. The van der Waals surface area contributed by atoms with E-state index in [1.165, 1.54) is 18.2 Å². The van der Waals surface area contributed by atoms with E-state index in [-0.39, 0.29) is 16.4 Å². The predicted molar refractivity (Wildman–Crippen MR) is 80.4 cm³/mol. The average Bonchev–Trinajstić information content (AvgIpc) is 2.41. The summed E-state index contributed by atoms with van der Waals surface area (Å²) in [6, 6.07) is 11.7. The first-order valence-electron chi connectivity index (χ1n) is 6.01. The Hall–Kier alpha value is -1.82. The molecule has 6 heteroatoms. The van der Waals surface area contributed by atoms with Gasteiger partial charge in [-0.3, -0.25) is 4.79 Å². The number of halogens is 1. The van der Waals surface area contributed by atoms with E-state index < -0.39 is 7.12 Å². The van der Waals surface area contributed by atoms with Crippen LogP contribution >= 0.6 is 11.6 Å². The quantitative estimate of drug-likeness (QED) is 0.751. The molecule has 0 spiro atoms. The monoisotopic (exact) mass is 289 g/mol. The summed E-state index contributed by atoms with van der Waals surface area (Å²) in [5.41, 5.74) is 2.06. The third-order valence-corrected chi connectivity index (χ3v) is 3.27. The van der Waals surface area contributed by atoms with E-state index in [9.17, 15) is 14.8 Å². The van der Waals surface area contributed by atoms with Crippen molar-refractivity contribution in [2.45, 2.75) is 6.92 Å². The van der Waals surface area contributed by atoms with Gasteiger partial charge in [0.1, 0.15) is 0 Å².